The van der Waals surface area contributed by atoms with Gasteiger partial charge in [0.1, 0.15) is 0 Å². The summed E-state index contributed by atoms with van der Waals surface area (Å²) in [5.41, 5.74) is 3.17. The summed E-state index contributed by atoms with van der Waals surface area (Å²) >= 11 is 0. The van der Waals surface area contributed by atoms with Crippen LogP contribution in [-0.2, 0) is 12.8 Å². The molecule has 0 radical (unpaired) electrons. The monoisotopic (exact) mass is 210 g/mol. The van der Waals surface area contributed by atoms with E-state index >= 15 is 0 Å². The molecule has 2 atom stereocenters. The molecular formula is C16H18. The smallest absolute Gasteiger partial charge is 0.0149 e. The summed E-state index contributed by atoms with van der Waals surface area (Å²) in [7, 11) is 0. The molecule has 0 saturated heterocycles. The number of benzene rings is 2. The summed E-state index contributed by atoms with van der Waals surface area (Å²) in [4.78, 5) is 0. The predicted molar refractivity (Wildman–Crippen MR) is 69.7 cm³/mol. The first-order valence-corrected chi connectivity index (χ1v) is 6.25. The zero-order valence-electron chi connectivity index (χ0n) is 10.0. The maximum absolute atomic E-state index is 2.38. The largest absolute Gasteiger partial charge is 0.0619 e. The van der Waals surface area contributed by atoms with E-state index in [1.165, 1.54) is 23.6 Å². The molecule has 0 heterocycles. The Hall–Kier alpha value is -1.30. The van der Waals surface area contributed by atoms with Crippen LogP contribution in [0.25, 0.3) is 10.8 Å². The summed E-state index contributed by atoms with van der Waals surface area (Å²) in [6.45, 7) is 4.76. The second kappa shape index (κ2) is 3.62. The third-order valence-electron chi connectivity index (χ3n) is 4.18. The van der Waals surface area contributed by atoms with Crippen molar-refractivity contribution in [1.29, 1.82) is 0 Å². The normalized spacial score (nSPS) is 24.4. The van der Waals surface area contributed by atoms with E-state index in [1.807, 2.05) is 0 Å². The van der Waals surface area contributed by atoms with Gasteiger partial charge in [0.25, 0.3) is 0 Å². The fourth-order valence-electron chi connectivity index (χ4n) is 2.88. The number of rotatable bonds is 0. The highest BCUT2D eigenvalue weighted by molar-refractivity contribution is 5.87. The predicted octanol–water partition coefficient (Wildman–Crippen LogP) is 4.21. The Balaban J connectivity index is 2.23. The second-order valence-electron chi connectivity index (χ2n) is 5.29. The fraction of sp³-hybridized carbons (Fsp3) is 0.375. The Kier molecular flexibility index (Phi) is 2.24. The van der Waals surface area contributed by atoms with E-state index in [1.54, 1.807) is 11.1 Å². The van der Waals surface area contributed by atoms with Gasteiger partial charge < -0.3 is 0 Å². The minimum Gasteiger partial charge on any atom is -0.0619 e. The van der Waals surface area contributed by atoms with Crippen molar-refractivity contribution in [3.8, 4) is 0 Å². The SMILES string of the molecule is C[C@@H]1Cc2ccc3ccccc3c2C[C@H]1C. The first-order valence-electron chi connectivity index (χ1n) is 6.25. The van der Waals surface area contributed by atoms with Gasteiger partial charge in [0.15, 0.2) is 0 Å². The first kappa shape index (κ1) is 9.89. The average Bonchev–Trinajstić information content (AvgIpc) is 2.31. The number of hydrogen-bond acceptors (Lipinski definition) is 0. The highest BCUT2D eigenvalue weighted by Gasteiger charge is 2.22. The molecule has 82 valence electrons. The van der Waals surface area contributed by atoms with E-state index in [2.05, 4.69) is 50.2 Å². The molecule has 0 nitrogen and oxygen atoms in total. The van der Waals surface area contributed by atoms with Crippen LogP contribution in [0.15, 0.2) is 36.4 Å². The topological polar surface area (TPSA) is 0 Å². The Morgan fingerprint density at radius 2 is 1.62 bits per heavy atom. The highest BCUT2D eigenvalue weighted by Crippen LogP contribution is 2.34. The van der Waals surface area contributed by atoms with Gasteiger partial charge in [-0.1, -0.05) is 50.2 Å². The quantitative estimate of drug-likeness (QED) is 0.611. The van der Waals surface area contributed by atoms with E-state index < -0.39 is 0 Å². The van der Waals surface area contributed by atoms with Gasteiger partial charge in [-0.05, 0) is 46.6 Å². The molecule has 0 heteroatoms. The maximum Gasteiger partial charge on any atom is -0.0149 e. The second-order valence-corrected chi connectivity index (χ2v) is 5.29. The molecule has 0 aromatic heterocycles. The molecule has 0 saturated carbocycles. The summed E-state index contributed by atoms with van der Waals surface area (Å²) < 4.78 is 0. The first-order chi connectivity index (χ1) is 7.75. The van der Waals surface area contributed by atoms with E-state index in [-0.39, 0.29) is 0 Å². The maximum atomic E-state index is 2.38. The molecule has 1 aliphatic carbocycles. The third kappa shape index (κ3) is 1.44. The van der Waals surface area contributed by atoms with Crippen LogP contribution < -0.4 is 0 Å². The van der Waals surface area contributed by atoms with Gasteiger partial charge in [-0.25, -0.2) is 0 Å². The lowest BCUT2D eigenvalue weighted by atomic mass is 9.76. The van der Waals surface area contributed by atoms with Gasteiger partial charge in [0.2, 0.25) is 0 Å². The van der Waals surface area contributed by atoms with Gasteiger partial charge >= 0.3 is 0 Å². The van der Waals surface area contributed by atoms with Crippen LogP contribution in [0.5, 0.6) is 0 Å². The summed E-state index contributed by atoms with van der Waals surface area (Å²) in [5.74, 6) is 1.65. The van der Waals surface area contributed by atoms with Crippen LogP contribution in [0, 0.1) is 11.8 Å². The Morgan fingerprint density at radius 3 is 2.50 bits per heavy atom. The molecule has 0 unspecified atom stereocenters. The molecule has 0 bridgehead atoms. The van der Waals surface area contributed by atoms with Crippen LogP contribution in [0.4, 0.5) is 0 Å². The van der Waals surface area contributed by atoms with Crippen molar-refractivity contribution in [3.05, 3.63) is 47.5 Å². The van der Waals surface area contributed by atoms with E-state index in [9.17, 15) is 0 Å². The molecule has 0 amide bonds. The van der Waals surface area contributed by atoms with E-state index in [0.717, 1.165) is 11.8 Å². The number of fused-ring (bicyclic) bond motifs is 3. The van der Waals surface area contributed by atoms with Crippen molar-refractivity contribution in [1.82, 2.24) is 0 Å². The molecule has 2 aromatic rings. The van der Waals surface area contributed by atoms with Crippen molar-refractivity contribution in [2.75, 3.05) is 0 Å². The van der Waals surface area contributed by atoms with E-state index in [0.29, 0.717) is 0 Å². The summed E-state index contributed by atoms with van der Waals surface area (Å²) in [6.07, 6.45) is 2.50. The Morgan fingerprint density at radius 1 is 0.875 bits per heavy atom. The van der Waals surface area contributed by atoms with E-state index in [4.69, 9.17) is 0 Å². The van der Waals surface area contributed by atoms with Gasteiger partial charge in [0.05, 0.1) is 0 Å². The fourth-order valence-corrected chi connectivity index (χ4v) is 2.88. The van der Waals surface area contributed by atoms with Crippen LogP contribution in [0.1, 0.15) is 25.0 Å². The van der Waals surface area contributed by atoms with Gasteiger partial charge in [-0.3, -0.25) is 0 Å². The van der Waals surface area contributed by atoms with Crippen molar-refractivity contribution < 1.29 is 0 Å². The van der Waals surface area contributed by atoms with Crippen molar-refractivity contribution >= 4 is 10.8 Å². The lowest BCUT2D eigenvalue weighted by Gasteiger charge is -2.29. The molecule has 0 spiro atoms. The van der Waals surface area contributed by atoms with Gasteiger partial charge in [-0.15, -0.1) is 0 Å². The van der Waals surface area contributed by atoms with Crippen LogP contribution in [-0.4, -0.2) is 0 Å². The molecule has 1 aliphatic rings. The van der Waals surface area contributed by atoms with Crippen molar-refractivity contribution in [2.45, 2.75) is 26.7 Å². The van der Waals surface area contributed by atoms with Crippen LogP contribution >= 0.6 is 0 Å². The zero-order valence-corrected chi connectivity index (χ0v) is 10.0. The zero-order chi connectivity index (χ0) is 11.1. The van der Waals surface area contributed by atoms with Crippen molar-refractivity contribution in [2.24, 2.45) is 11.8 Å². The molecule has 3 rings (SSSR count). The third-order valence-corrected chi connectivity index (χ3v) is 4.18. The van der Waals surface area contributed by atoms with Gasteiger partial charge in [-0.2, -0.15) is 0 Å². The molecule has 2 aromatic carbocycles. The standard InChI is InChI=1S/C16H18/c1-11-9-14-8-7-13-5-3-4-6-15(13)16(14)10-12(11)2/h3-8,11-12H,9-10H2,1-2H3/t11-,12-/m1/s1. The van der Waals surface area contributed by atoms with Crippen LogP contribution in [0.2, 0.25) is 0 Å². The minimum atomic E-state index is 0.818. The van der Waals surface area contributed by atoms with Crippen LogP contribution in [0.3, 0.4) is 0 Å². The summed E-state index contributed by atoms with van der Waals surface area (Å²) in [5, 5.41) is 2.86. The molecule has 0 aliphatic heterocycles. The summed E-state index contributed by atoms with van der Waals surface area (Å²) in [6, 6.07) is 13.4. The Bertz CT molecular complexity index is 525. The number of hydrogen-bond donors (Lipinski definition) is 0. The van der Waals surface area contributed by atoms with Gasteiger partial charge in [0, 0.05) is 0 Å². The molecular weight excluding hydrogens is 192 g/mol. The van der Waals surface area contributed by atoms with Crippen molar-refractivity contribution in [3.63, 3.8) is 0 Å². The molecule has 16 heavy (non-hydrogen) atoms. The lowest BCUT2D eigenvalue weighted by molar-refractivity contribution is 0.362. The molecule has 0 fully saturated rings. The molecule has 0 N–H and O–H groups in total. The average molecular weight is 210 g/mol. The Labute approximate surface area is 97.3 Å². The lowest BCUT2D eigenvalue weighted by Crippen LogP contribution is -2.20. The minimum absolute atomic E-state index is 0.818. The highest BCUT2D eigenvalue weighted by atomic mass is 14.3.